The molecule has 44 heavy (non-hydrogen) atoms. The molecular weight excluding hydrogens is 574 g/mol. The second kappa shape index (κ2) is 11.6. The number of pyridine rings is 1. The molecule has 0 radical (unpaired) electrons. The summed E-state index contributed by atoms with van der Waals surface area (Å²) >= 11 is 6.32. The van der Waals surface area contributed by atoms with Crippen LogP contribution in [0.4, 0.5) is 0 Å². The van der Waals surface area contributed by atoms with Crippen LogP contribution >= 0.6 is 11.6 Å². The molecule has 0 aliphatic heterocycles. The smallest absolute Gasteiger partial charge is 0.251 e. The Morgan fingerprint density at radius 2 is 1.70 bits per heavy atom. The van der Waals surface area contributed by atoms with E-state index in [4.69, 9.17) is 11.6 Å². The first-order chi connectivity index (χ1) is 21.2. The van der Waals surface area contributed by atoms with Gasteiger partial charge >= 0.3 is 0 Å². The number of imidazole rings is 1. The number of benzene rings is 3. The number of carbonyl (C=O) groups excluding carboxylic acids is 1. The van der Waals surface area contributed by atoms with Gasteiger partial charge in [0.25, 0.3) is 11.5 Å². The molecule has 0 saturated carbocycles. The van der Waals surface area contributed by atoms with Crippen molar-refractivity contribution in [1.29, 1.82) is 0 Å². The van der Waals surface area contributed by atoms with E-state index in [0.29, 0.717) is 45.0 Å². The first-order valence-corrected chi connectivity index (χ1v) is 14.6. The number of halogens is 1. The van der Waals surface area contributed by atoms with E-state index < -0.39 is 5.60 Å². The van der Waals surface area contributed by atoms with Gasteiger partial charge in [0, 0.05) is 68.0 Å². The van der Waals surface area contributed by atoms with Crippen LogP contribution < -0.4 is 10.9 Å². The van der Waals surface area contributed by atoms with E-state index in [1.54, 1.807) is 65.1 Å². The molecule has 9 heteroatoms. The number of aryl methyl sites for hydroxylation is 3. The summed E-state index contributed by atoms with van der Waals surface area (Å²) < 4.78 is 5.39. The molecule has 1 unspecified atom stereocenters. The highest BCUT2D eigenvalue weighted by atomic mass is 35.5. The first kappa shape index (κ1) is 29.2. The van der Waals surface area contributed by atoms with Crippen molar-refractivity contribution in [1.82, 2.24) is 24.0 Å². The third-order valence-electron chi connectivity index (χ3n) is 8.27. The molecule has 222 valence electrons. The van der Waals surface area contributed by atoms with Crippen LogP contribution in [-0.2, 0) is 33.2 Å². The minimum absolute atomic E-state index is 0.153. The summed E-state index contributed by atoms with van der Waals surface area (Å²) in [4.78, 5) is 30.1. The van der Waals surface area contributed by atoms with Gasteiger partial charge in [-0.25, -0.2) is 4.98 Å². The second-order valence-electron chi connectivity index (χ2n) is 11.0. The Morgan fingerprint density at radius 1 is 0.932 bits per heavy atom. The molecule has 1 atom stereocenters. The normalized spacial score (nSPS) is 12.8. The Balaban J connectivity index is 1.41. The number of nitrogens with zero attached hydrogens (tertiary/aromatic N) is 4. The topological polar surface area (TPSA) is 94.1 Å². The highest BCUT2D eigenvalue weighted by molar-refractivity contribution is 6.30. The molecule has 2 N–H and O–H groups in total. The minimum Gasteiger partial charge on any atom is -0.374 e. The van der Waals surface area contributed by atoms with Gasteiger partial charge in [-0.1, -0.05) is 41.9 Å². The number of fused-ring (bicyclic) bond motifs is 1. The lowest BCUT2D eigenvalue weighted by molar-refractivity contribution is 0.0952. The summed E-state index contributed by atoms with van der Waals surface area (Å²) in [5.74, 6) is -0.187. The van der Waals surface area contributed by atoms with Gasteiger partial charge in [-0.15, -0.1) is 0 Å². The minimum atomic E-state index is -1.62. The Kier molecular flexibility index (Phi) is 7.71. The lowest BCUT2D eigenvalue weighted by Gasteiger charge is -2.30. The first-order valence-electron chi connectivity index (χ1n) is 14.2. The van der Waals surface area contributed by atoms with Crippen LogP contribution in [0.3, 0.4) is 0 Å². The third kappa shape index (κ3) is 5.23. The van der Waals surface area contributed by atoms with E-state index in [1.165, 1.54) is 0 Å². The number of rotatable bonds is 8. The average molecular weight is 606 g/mol. The van der Waals surface area contributed by atoms with Crippen molar-refractivity contribution in [3.8, 4) is 11.1 Å². The largest absolute Gasteiger partial charge is 0.374 e. The van der Waals surface area contributed by atoms with E-state index in [2.05, 4.69) is 10.3 Å². The van der Waals surface area contributed by atoms with E-state index in [1.807, 2.05) is 73.4 Å². The number of aliphatic hydroxyl groups is 1. The Bertz CT molecular complexity index is 2060. The maximum atomic E-state index is 12.9. The Labute approximate surface area is 259 Å². The zero-order chi connectivity index (χ0) is 31.0. The molecule has 0 bridgehead atoms. The van der Waals surface area contributed by atoms with Crippen LogP contribution in [0.1, 0.15) is 32.9 Å². The van der Waals surface area contributed by atoms with Gasteiger partial charge in [-0.05, 0) is 70.8 Å². The van der Waals surface area contributed by atoms with Crippen molar-refractivity contribution in [2.45, 2.75) is 12.0 Å². The maximum absolute atomic E-state index is 12.9. The molecule has 3 aromatic heterocycles. The zero-order valence-corrected chi connectivity index (χ0v) is 25.4. The van der Waals surface area contributed by atoms with Crippen molar-refractivity contribution in [3.63, 3.8) is 0 Å². The number of carbonyl (C=O) groups is 1. The van der Waals surface area contributed by atoms with Gasteiger partial charge in [0.1, 0.15) is 0 Å². The summed E-state index contributed by atoms with van der Waals surface area (Å²) in [7, 11) is 5.53. The van der Waals surface area contributed by atoms with Crippen molar-refractivity contribution < 1.29 is 9.90 Å². The lowest BCUT2D eigenvalue weighted by Crippen LogP contribution is -2.31. The highest BCUT2D eigenvalue weighted by Gasteiger charge is 2.37. The molecular formula is C35H32ClN5O3. The highest BCUT2D eigenvalue weighted by Crippen LogP contribution is 2.39. The molecule has 6 rings (SSSR count). The fourth-order valence-electron chi connectivity index (χ4n) is 5.77. The van der Waals surface area contributed by atoms with Crippen LogP contribution in [0.15, 0.2) is 108 Å². The quantitative estimate of drug-likeness (QED) is 0.250. The predicted molar refractivity (Wildman–Crippen MR) is 173 cm³/mol. The standard InChI is InChI=1S/C35H32ClN5O3/c1-39-17-5-8-28(39)15-16-38-34(43)23-9-11-25(12-10-23)35(44,32-21-37-22-40(32)2)26-13-14-31-30(19-26)29(20-33(42)41(31)3)24-6-4-7-27(36)18-24/h4-14,17-22,44H,15-16H2,1-3H3,(H,38,43). The van der Waals surface area contributed by atoms with Crippen LogP contribution in [0.5, 0.6) is 0 Å². The molecule has 0 aliphatic rings. The van der Waals surface area contributed by atoms with Crippen molar-refractivity contribution in [2.24, 2.45) is 21.1 Å². The fourth-order valence-corrected chi connectivity index (χ4v) is 5.96. The van der Waals surface area contributed by atoms with Crippen LogP contribution in [-0.4, -0.2) is 36.2 Å². The maximum Gasteiger partial charge on any atom is 0.251 e. The third-order valence-corrected chi connectivity index (χ3v) is 8.51. The molecule has 8 nitrogen and oxygen atoms in total. The predicted octanol–water partition coefficient (Wildman–Crippen LogP) is 5.19. The zero-order valence-electron chi connectivity index (χ0n) is 24.7. The molecule has 6 aromatic rings. The monoisotopic (exact) mass is 605 g/mol. The van der Waals surface area contributed by atoms with Gasteiger partial charge in [-0.3, -0.25) is 9.59 Å². The second-order valence-corrected chi connectivity index (χ2v) is 11.4. The van der Waals surface area contributed by atoms with Crippen molar-refractivity contribution >= 4 is 28.4 Å². The Morgan fingerprint density at radius 3 is 2.39 bits per heavy atom. The van der Waals surface area contributed by atoms with E-state index in [0.717, 1.165) is 23.1 Å². The number of hydrogen-bond donors (Lipinski definition) is 2. The van der Waals surface area contributed by atoms with Gasteiger partial charge in [0.15, 0.2) is 5.60 Å². The summed E-state index contributed by atoms with van der Waals surface area (Å²) in [6.45, 7) is 0.506. The number of hydrogen-bond acceptors (Lipinski definition) is 4. The summed E-state index contributed by atoms with van der Waals surface area (Å²) in [6, 6.07) is 25.5. The Hall–Kier alpha value is -4.92. The molecule has 3 aromatic carbocycles. The molecule has 0 spiro atoms. The summed E-state index contributed by atoms with van der Waals surface area (Å²) in [6.07, 6.45) is 5.97. The van der Waals surface area contributed by atoms with Crippen molar-refractivity contribution in [3.05, 3.63) is 147 Å². The van der Waals surface area contributed by atoms with E-state index in [-0.39, 0.29) is 11.5 Å². The average Bonchev–Trinajstić information content (AvgIpc) is 3.65. The molecule has 1 amide bonds. The summed E-state index contributed by atoms with van der Waals surface area (Å²) in [5.41, 5.74) is 3.76. The molecule has 0 aliphatic carbocycles. The lowest BCUT2D eigenvalue weighted by atomic mass is 9.82. The van der Waals surface area contributed by atoms with Crippen LogP contribution in [0.2, 0.25) is 5.02 Å². The van der Waals surface area contributed by atoms with Gasteiger partial charge < -0.3 is 24.1 Å². The van der Waals surface area contributed by atoms with Crippen molar-refractivity contribution in [2.75, 3.05) is 6.54 Å². The SMILES string of the molecule is Cn1cccc1CCNC(=O)c1ccc(C(O)(c2ccc3c(c2)c(-c2cccc(Cl)c2)cc(=O)n3C)c2cncn2C)cc1. The molecule has 3 heterocycles. The summed E-state index contributed by atoms with van der Waals surface area (Å²) in [5, 5.41) is 17.0. The molecule has 0 saturated heterocycles. The molecule has 0 fully saturated rings. The van der Waals surface area contributed by atoms with Crippen LogP contribution in [0, 0.1) is 0 Å². The van der Waals surface area contributed by atoms with E-state index in [9.17, 15) is 14.7 Å². The van der Waals surface area contributed by atoms with Crippen LogP contribution in [0.25, 0.3) is 22.0 Å². The number of nitrogens with one attached hydrogen (secondary N) is 1. The number of aromatic nitrogens is 4. The van der Waals surface area contributed by atoms with Gasteiger partial charge in [-0.2, -0.15) is 0 Å². The van der Waals surface area contributed by atoms with Gasteiger partial charge in [0.05, 0.1) is 23.7 Å². The fraction of sp³-hybridized carbons (Fsp3) is 0.171. The van der Waals surface area contributed by atoms with E-state index >= 15 is 0 Å². The van der Waals surface area contributed by atoms with Gasteiger partial charge in [0.2, 0.25) is 0 Å². The number of amides is 1.